The van der Waals surface area contributed by atoms with Crippen LogP contribution in [0.25, 0.3) is 10.8 Å². The summed E-state index contributed by atoms with van der Waals surface area (Å²) in [5, 5.41) is 0.951. The number of fused-ring (bicyclic) bond motifs is 1. The summed E-state index contributed by atoms with van der Waals surface area (Å²) in [5.74, 6) is -5.27. The van der Waals surface area contributed by atoms with Crippen LogP contribution in [0, 0.1) is 29.1 Å². The van der Waals surface area contributed by atoms with Gasteiger partial charge in [-0.25, -0.2) is 22.0 Å². The normalized spacial score (nSPS) is 11.5. The summed E-state index contributed by atoms with van der Waals surface area (Å²) in [6, 6.07) is 13.0. The van der Waals surface area contributed by atoms with Crippen molar-refractivity contribution < 1.29 is 35.5 Å². The molecule has 4 aromatic rings. The quantitative estimate of drug-likeness (QED) is 0.114. The number of rotatable bonds is 13. The van der Waals surface area contributed by atoms with Gasteiger partial charge in [-0.2, -0.15) is 8.78 Å². The summed E-state index contributed by atoms with van der Waals surface area (Å²) in [7, 11) is 0. The van der Waals surface area contributed by atoms with E-state index in [0.29, 0.717) is 34.7 Å². The fourth-order valence-electron chi connectivity index (χ4n) is 5.04. The van der Waals surface area contributed by atoms with E-state index in [1.165, 1.54) is 12.1 Å². The number of alkyl halides is 2. The molecular formula is C33H31F7O. The van der Waals surface area contributed by atoms with Crippen LogP contribution in [0.3, 0.4) is 0 Å². The van der Waals surface area contributed by atoms with Crippen molar-refractivity contribution in [3.05, 3.63) is 112 Å². The standard InChI is InChI=1S/C33H31F7O/c1-2-3-4-5-6-21-16-27(34)26(28(35)17-21)14-9-20-8-13-25-24(15-20)12-11-23(31(25)38)10-7-22-18-29(36)32(30(37)19-22)41-33(39)40/h8,11-13,15-19,33H,2-7,9-10,14H2,1H3. The summed E-state index contributed by atoms with van der Waals surface area (Å²) < 4.78 is 101. The monoisotopic (exact) mass is 576 g/mol. The summed E-state index contributed by atoms with van der Waals surface area (Å²) in [4.78, 5) is 0. The Bertz CT molecular complexity index is 1450. The van der Waals surface area contributed by atoms with E-state index in [4.69, 9.17) is 0 Å². The zero-order valence-electron chi connectivity index (χ0n) is 22.7. The molecule has 0 aliphatic heterocycles. The Labute approximate surface area is 235 Å². The Morgan fingerprint density at radius 3 is 1.90 bits per heavy atom. The van der Waals surface area contributed by atoms with Crippen molar-refractivity contribution in [3.63, 3.8) is 0 Å². The van der Waals surface area contributed by atoms with Crippen molar-refractivity contribution in [1.82, 2.24) is 0 Å². The number of aryl methyl sites for hydroxylation is 4. The van der Waals surface area contributed by atoms with Crippen molar-refractivity contribution in [2.24, 2.45) is 0 Å². The summed E-state index contributed by atoms with van der Waals surface area (Å²) in [5.41, 5.74) is 1.97. The van der Waals surface area contributed by atoms with Gasteiger partial charge in [-0.1, -0.05) is 56.5 Å². The third-order valence-electron chi connectivity index (χ3n) is 7.23. The van der Waals surface area contributed by atoms with Crippen LogP contribution in [0.15, 0.2) is 54.6 Å². The average molecular weight is 577 g/mol. The van der Waals surface area contributed by atoms with Crippen molar-refractivity contribution in [1.29, 1.82) is 0 Å². The Morgan fingerprint density at radius 1 is 0.610 bits per heavy atom. The Kier molecular flexibility index (Phi) is 10.3. The maximum absolute atomic E-state index is 15.2. The minimum Gasteiger partial charge on any atom is -0.429 e. The molecule has 0 radical (unpaired) electrons. The molecule has 1 nitrogen and oxygen atoms in total. The lowest BCUT2D eigenvalue weighted by Crippen LogP contribution is -2.06. The minimum atomic E-state index is -3.36. The van der Waals surface area contributed by atoms with Crippen molar-refractivity contribution >= 4 is 10.8 Å². The molecule has 0 spiro atoms. The molecule has 0 aliphatic rings. The molecule has 0 atom stereocenters. The molecular weight excluding hydrogens is 545 g/mol. The van der Waals surface area contributed by atoms with Crippen LogP contribution >= 0.6 is 0 Å². The summed E-state index contributed by atoms with van der Waals surface area (Å²) in [6.45, 7) is -1.26. The van der Waals surface area contributed by atoms with E-state index in [9.17, 15) is 26.3 Å². The van der Waals surface area contributed by atoms with Gasteiger partial charge in [-0.05, 0) is 90.4 Å². The van der Waals surface area contributed by atoms with Gasteiger partial charge in [0.1, 0.15) is 17.5 Å². The lowest BCUT2D eigenvalue weighted by atomic mass is 9.96. The molecule has 0 unspecified atom stereocenters. The lowest BCUT2D eigenvalue weighted by molar-refractivity contribution is -0.0546. The topological polar surface area (TPSA) is 9.23 Å². The molecule has 4 aromatic carbocycles. The number of unbranched alkanes of at least 4 members (excludes halogenated alkanes) is 3. The molecule has 0 N–H and O–H groups in total. The van der Waals surface area contributed by atoms with Crippen LogP contribution in [0.2, 0.25) is 0 Å². The van der Waals surface area contributed by atoms with Gasteiger partial charge in [0.25, 0.3) is 0 Å². The van der Waals surface area contributed by atoms with Crippen LogP contribution in [0.1, 0.15) is 60.4 Å². The largest absolute Gasteiger partial charge is 0.429 e. The zero-order chi connectivity index (χ0) is 29.5. The molecule has 4 rings (SSSR count). The molecule has 41 heavy (non-hydrogen) atoms. The number of benzene rings is 4. The van der Waals surface area contributed by atoms with Crippen LogP contribution in [0.5, 0.6) is 5.75 Å². The Balaban J connectivity index is 1.41. The second-order valence-corrected chi connectivity index (χ2v) is 10.2. The highest BCUT2D eigenvalue weighted by Crippen LogP contribution is 2.28. The molecule has 0 saturated carbocycles. The second kappa shape index (κ2) is 13.9. The smallest absolute Gasteiger partial charge is 0.387 e. The van der Waals surface area contributed by atoms with Crippen LogP contribution in [0.4, 0.5) is 30.7 Å². The Morgan fingerprint density at radius 2 is 1.24 bits per heavy atom. The van der Waals surface area contributed by atoms with E-state index in [-0.39, 0.29) is 30.4 Å². The van der Waals surface area contributed by atoms with Gasteiger partial charge >= 0.3 is 6.61 Å². The number of hydrogen-bond acceptors (Lipinski definition) is 1. The molecule has 0 amide bonds. The Hall–Kier alpha value is -3.55. The average Bonchev–Trinajstić information content (AvgIpc) is 2.92. The van der Waals surface area contributed by atoms with Gasteiger partial charge in [-0.3, -0.25) is 0 Å². The van der Waals surface area contributed by atoms with Crippen LogP contribution in [-0.2, 0) is 32.1 Å². The van der Waals surface area contributed by atoms with E-state index in [1.54, 1.807) is 30.3 Å². The zero-order valence-corrected chi connectivity index (χ0v) is 22.7. The molecule has 218 valence electrons. The maximum atomic E-state index is 15.2. The summed E-state index contributed by atoms with van der Waals surface area (Å²) >= 11 is 0. The maximum Gasteiger partial charge on any atom is 0.387 e. The number of ether oxygens (including phenoxy) is 1. The van der Waals surface area contributed by atoms with E-state index < -0.39 is 41.4 Å². The third-order valence-corrected chi connectivity index (χ3v) is 7.23. The second-order valence-electron chi connectivity index (χ2n) is 10.2. The summed E-state index contributed by atoms with van der Waals surface area (Å²) in [6.07, 6.45) is 5.46. The molecule has 0 heterocycles. The van der Waals surface area contributed by atoms with E-state index >= 15 is 4.39 Å². The molecule has 0 bridgehead atoms. The molecule has 0 aliphatic carbocycles. The lowest BCUT2D eigenvalue weighted by Gasteiger charge is -2.11. The number of halogens is 7. The van der Waals surface area contributed by atoms with Crippen molar-refractivity contribution in [2.45, 2.75) is 71.3 Å². The van der Waals surface area contributed by atoms with Crippen molar-refractivity contribution in [2.75, 3.05) is 0 Å². The van der Waals surface area contributed by atoms with Crippen LogP contribution in [-0.4, -0.2) is 6.61 Å². The molecule has 8 heteroatoms. The number of hydrogen-bond donors (Lipinski definition) is 0. The predicted molar refractivity (Wildman–Crippen MR) is 146 cm³/mol. The fourth-order valence-corrected chi connectivity index (χ4v) is 5.04. The third kappa shape index (κ3) is 7.80. The highest BCUT2D eigenvalue weighted by Gasteiger charge is 2.18. The van der Waals surface area contributed by atoms with Gasteiger partial charge < -0.3 is 4.74 Å². The molecule has 0 aromatic heterocycles. The van der Waals surface area contributed by atoms with Gasteiger partial charge in [0.2, 0.25) is 0 Å². The van der Waals surface area contributed by atoms with Crippen LogP contribution < -0.4 is 4.74 Å². The van der Waals surface area contributed by atoms with Crippen molar-refractivity contribution in [3.8, 4) is 5.75 Å². The molecule has 0 saturated heterocycles. The van der Waals surface area contributed by atoms with Gasteiger partial charge in [-0.15, -0.1) is 0 Å². The van der Waals surface area contributed by atoms with Gasteiger partial charge in [0.05, 0.1) is 0 Å². The van der Waals surface area contributed by atoms with E-state index in [0.717, 1.165) is 43.4 Å². The first kappa shape index (κ1) is 30.4. The highest BCUT2D eigenvalue weighted by atomic mass is 19.3. The predicted octanol–water partition coefficient (Wildman–Crippen LogP) is 9.83. The first-order valence-corrected chi connectivity index (χ1v) is 13.8. The fraction of sp³-hybridized carbons (Fsp3) is 0.333. The first-order valence-electron chi connectivity index (χ1n) is 13.8. The van der Waals surface area contributed by atoms with Gasteiger partial charge in [0.15, 0.2) is 17.4 Å². The highest BCUT2D eigenvalue weighted by molar-refractivity contribution is 5.84. The van der Waals surface area contributed by atoms with E-state index in [2.05, 4.69) is 11.7 Å². The molecule has 0 fully saturated rings. The SMILES string of the molecule is CCCCCCc1cc(F)c(CCc2ccc3c(F)c(CCc4cc(F)c(OC(F)F)c(F)c4)ccc3c2)c(F)c1. The minimum absolute atomic E-state index is 0.0330. The van der Waals surface area contributed by atoms with Gasteiger partial charge in [0, 0.05) is 10.9 Å². The van der Waals surface area contributed by atoms with E-state index in [1.807, 2.05) is 0 Å². The first-order chi connectivity index (χ1) is 19.7.